The molecule has 0 spiro atoms. The van der Waals surface area contributed by atoms with Crippen LogP contribution in [0.3, 0.4) is 0 Å². The molecule has 0 saturated carbocycles. The molecule has 0 unspecified atom stereocenters. The second kappa shape index (κ2) is 2.96. The van der Waals surface area contributed by atoms with E-state index in [1.54, 1.807) is 6.07 Å². The standard InChI is InChI=1S/C9H10N2OS/c1-5(2)7-10-8(12)6-3-4-13-9(6)11-7/h3-5H,1-2H3,(H,10,11,12). The van der Waals surface area contributed by atoms with E-state index in [1.807, 2.05) is 19.2 Å². The molecular formula is C9H10N2OS. The number of thiophene rings is 1. The zero-order chi connectivity index (χ0) is 9.42. The third-order valence-electron chi connectivity index (χ3n) is 1.90. The molecule has 2 aromatic heterocycles. The largest absolute Gasteiger partial charge is 0.310 e. The fraction of sp³-hybridized carbons (Fsp3) is 0.333. The van der Waals surface area contributed by atoms with Crippen LogP contribution in [0.25, 0.3) is 10.2 Å². The van der Waals surface area contributed by atoms with Crippen LogP contribution in [0.15, 0.2) is 16.2 Å². The van der Waals surface area contributed by atoms with Gasteiger partial charge in [0.1, 0.15) is 10.7 Å². The molecule has 0 fully saturated rings. The Kier molecular flexibility index (Phi) is 1.92. The molecule has 4 heteroatoms. The summed E-state index contributed by atoms with van der Waals surface area (Å²) in [4.78, 5) is 19.4. The summed E-state index contributed by atoms with van der Waals surface area (Å²) < 4.78 is 0. The Bertz CT molecular complexity index is 484. The van der Waals surface area contributed by atoms with Crippen molar-refractivity contribution in [3.63, 3.8) is 0 Å². The Balaban J connectivity index is 2.77. The minimum absolute atomic E-state index is 0.0325. The molecule has 0 amide bonds. The SMILES string of the molecule is CC(C)c1nc2sccc2c(=O)[nH]1. The van der Waals surface area contributed by atoms with Crippen LogP contribution in [0.5, 0.6) is 0 Å². The second-order valence-corrected chi connectivity index (χ2v) is 4.14. The number of hydrogen-bond acceptors (Lipinski definition) is 3. The number of nitrogens with one attached hydrogen (secondary N) is 1. The van der Waals surface area contributed by atoms with Crippen molar-refractivity contribution >= 4 is 21.6 Å². The number of H-pyrrole nitrogens is 1. The van der Waals surface area contributed by atoms with E-state index in [0.29, 0.717) is 5.39 Å². The zero-order valence-corrected chi connectivity index (χ0v) is 8.31. The summed E-state index contributed by atoms with van der Waals surface area (Å²) in [5.74, 6) is 1.03. The summed E-state index contributed by atoms with van der Waals surface area (Å²) in [5.41, 5.74) is -0.0325. The highest BCUT2D eigenvalue weighted by molar-refractivity contribution is 7.16. The summed E-state index contributed by atoms with van der Waals surface area (Å²) in [6.07, 6.45) is 0. The van der Waals surface area contributed by atoms with Crippen LogP contribution in [-0.4, -0.2) is 9.97 Å². The summed E-state index contributed by atoms with van der Waals surface area (Å²) in [6.45, 7) is 4.02. The molecule has 13 heavy (non-hydrogen) atoms. The van der Waals surface area contributed by atoms with Gasteiger partial charge in [-0.15, -0.1) is 11.3 Å². The van der Waals surface area contributed by atoms with Gasteiger partial charge in [0.05, 0.1) is 5.39 Å². The minimum atomic E-state index is -0.0325. The quantitative estimate of drug-likeness (QED) is 0.755. The van der Waals surface area contributed by atoms with Crippen LogP contribution < -0.4 is 5.56 Å². The zero-order valence-electron chi connectivity index (χ0n) is 7.50. The van der Waals surface area contributed by atoms with Crippen molar-refractivity contribution in [2.24, 2.45) is 0 Å². The van der Waals surface area contributed by atoms with E-state index < -0.39 is 0 Å². The van der Waals surface area contributed by atoms with Gasteiger partial charge >= 0.3 is 0 Å². The Morgan fingerprint density at radius 3 is 3.00 bits per heavy atom. The van der Waals surface area contributed by atoms with E-state index in [0.717, 1.165) is 10.7 Å². The lowest BCUT2D eigenvalue weighted by Gasteiger charge is -2.02. The Morgan fingerprint density at radius 2 is 2.31 bits per heavy atom. The molecule has 0 aliphatic carbocycles. The number of nitrogens with zero attached hydrogens (tertiary/aromatic N) is 1. The molecule has 68 valence electrons. The molecule has 0 atom stereocenters. The van der Waals surface area contributed by atoms with Crippen LogP contribution in [-0.2, 0) is 0 Å². The Hall–Kier alpha value is -1.16. The van der Waals surface area contributed by atoms with Crippen LogP contribution >= 0.6 is 11.3 Å². The normalized spacial score (nSPS) is 11.3. The molecule has 2 heterocycles. The van der Waals surface area contributed by atoms with Crippen LogP contribution in [0, 0.1) is 0 Å². The van der Waals surface area contributed by atoms with Gasteiger partial charge in [0, 0.05) is 5.92 Å². The molecule has 0 bridgehead atoms. The van der Waals surface area contributed by atoms with E-state index in [9.17, 15) is 4.79 Å². The van der Waals surface area contributed by atoms with Crippen molar-refractivity contribution in [3.8, 4) is 0 Å². The summed E-state index contributed by atoms with van der Waals surface area (Å²) in [5, 5.41) is 2.58. The van der Waals surface area contributed by atoms with E-state index in [-0.39, 0.29) is 11.5 Å². The summed E-state index contributed by atoms with van der Waals surface area (Å²) in [7, 11) is 0. The maximum atomic E-state index is 11.5. The van der Waals surface area contributed by atoms with Gasteiger partial charge in [-0.25, -0.2) is 4.98 Å². The van der Waals surface area contributed by atoms with Gasteiger partial charge in [-0.1, -0.05) is 13.8 Å². The third kappa shape index (κ3) is 1.37. The lowest BCUT2D eigenvalue weighted by Crippen LogP contribution is -2.11. The predicted octanol–water partition coefficient (Wildman–Crippen LogP) is 2.11. The van der Waals surface area contributed by atoms with Crippen LogP contribution in [0.2, 0.25) is 0 Å². The fourth-order valence-electron chi connectivity index (χ4n) is 1.16. The predicted molar refractivity (Wildman–Crippen MR) is 54.3 cm³/mol. The highest BCUT2D eigenvalue weighted by Gasteiger charge is 2.06. The van der Waals surface area contributed by atoms with Crippen LogP contribution in [0.4, 0.5) is 0 Å². The topological polar surface area (TPSA) is 45.8 Å². The fourth-order valence-corrected chi connectivity index (χ4v) is 1.93. The molecule has 0 aromatic carbocycles. The molecule has 2 aromatic rings. The third-order valence-corrected chi connectivity index (χ3v) is 2.71. The van der Waals surface area contributed by atoms with Gasteiger partial charge in [0.25, 0.3) is 5.56 Å². The van der Waals surface area contributed by atoms with Crippen molar-refractivity contribution in [2.75, 3.05) is 0 Å². The molecule has 0 radical (unpaired) electrons. The number of hydrogen-bond donors (Lipinski definition) is 1. The molecular weight excluding hydrogens is 184 g/mol. The second-order valence-electron chi connectivity index (χ2n) is 3.25. The monoisotopic (exact) mass is 194 g/mol. The smallest absolute Gasteiger partial charge is 0.259 e. The Labute approximate surface area is 79.4 Å². The average molecular weight is 194 g/mol. The van der Waals surface area contributed by atoms with Gasteiger partial charge in [-0.05, 0) is 11.4 Å². The summed E-state index contributed by atoms with van der Waals surface area (Å²) in [6, 6.07) is 1.80. The molecule has 0 aliphatic rings. The lowest BCUT2D eigenvalue weighted by atomic mass is 10.2. The van der Waals surface area contributed by atoms with E-state index in [2.05, 4.69) is 9.97 Å². The van der Waals surface area contributed by atoms with Crippen molar-refractivity contribution < 1.29 is 0 Å². The molecule has 2 rings (SSSR count). The highest BCUT2D eigenvalue weighted by Crippen LogP contribution is 2.16. The van der Waals surface area contributed by atoms with Gasteiger partial charge in [-0.3, -0.25) is 4.79 Å². The minimum Gasteiger partial charge on any atom is -0.310 e. The number of rotatable bonds is 1. The molecule has 0 saturated heterocycles. The number of aromatic amines is 1. The highest BCUT2D eigenvalue weighted by atomic mass is 32.1. The molecule has 0 aliphatic heterocycles. The lowest BCUT2D eigenvalue weighted by molar-refractivity contribution is 0.778. The number of fused-ring (bicyclic) bond motifs is 1. The maximum absolute atomic E-state index is 11.5. The first kappa shape index (κ1) is 8.44. The van der Waals surface area contributed by atoms with Crippen molar-refractivity contribution in [1.29, 1.82) is 0 Å². The first-order chi connectivity index (χ1) is 6.18. The average Bonchev–Trinajstić information content (AvgIpc) is 2.51. The van der Waals surface area contributed by atoms with Gasteiger partial charge in [0.2, 0.25) is 0 Å². The van der Waals surface area contributed by atoms with Crippen LogP contribution in [0.1, 0.15) is 25.6 Å². The van der Waals surface area contributed by atoms with Gasteiger partial charge in [0.15, 0.2) is 0 Å². The van der Waals surface area contributed by atoms with Crippen molar-refractivity contribution in [2.45, 2.75) is 19.8 Å². The first-order valence-electron chi connectivity index (χ1n) is 4.16. The van der Waals surface area contributed by atoms with Gasteiger partial charge in [-0.2, -0.15) is 0 Å². The van der Waals surface area contributed by atoms with E-state index in [4.69, 9.17) is 0 Å². The Morgan fingerprint density at radius 1 is 1.54 bits per heavy atom. The number of aromatic nitrogens is 2. The first-order valence-corrected chi connectivity index (χ1v) is 5.04. The van der Waals surface area contributed by atoms with E-state index >= 15 is 0 Å². The molecule has 1 N–H and O–H groups in total. The van der Waals surface area contributed by atoms with Crippen molar-refractivity contribution in [1.82, 2.24) is 9.97 Å². The van der Waals surface area contributed by atoms with Gasteiger partial charge < -0.3 is 4.98 Å². The molecule has 3 nitrogen and oxygen atoms in total. The maximum Gasteiger partial charge on any atom is 0.259 e. The van der Waals surface area contributed by atoms with Crippen molar-refractivity contribution in [3.05, 3.63) is 27.6 Å². The summed E-state index contributed by atoms with van der Waals surface area (Å²) >= 11 is 1.50. The van der Waals surface area contributed by atoms with E-state index in [1.165, 1.54) is 11.3 Å².